The highest BCUT2D eigenvalue weighted by atomic mass is 79.9. The van der Waals surface area contributed by atoms with Gasteiger partial charge in [0.2, 0.25) is 0 Å². The molecule has 6 heteroatoms. The molecule has 1 aromatic rings. The molecule has 2 rings (SSSR count). The number of hydrogen-bond acceptors (Lipinski definition) is 2. The summed E-state index contributed by atoms with van der Waals surface area (Å²) in [7, 11) is 0. The summed E-state index contributed by atoms with van der Waals surface area (Å²) in [5.74, 6) is 1.26. The van der Waals surface area contributed by atoms with Crippen molar-refractivity contribution in [2.45, 2.75) is 26.2 Å². The van der Waals surface area contributed by atoms with E-state index in [1.165, 1.54) is 12.8 Å². The lowest BCUT2D eigenvalue weighted by Gasteiger charge is -2.31. The fraction of sp³-hybridized carbons (Fsp3) is 0.529. The molecule has 0 aliphatic carbocycles. The maximum absolute atomic E-state index is 11.9. The Hall–Kier alpha value is -1.56. The second-order valence-electron chi connectivity index (χ2n) is 6.05. The molecular weight excluding hydrogens is 356 g/mol. The average molecular weight is 381 g/mol. The topological polar surface area (TPSA) is 70.7 Å². The predicted octanol–water partition coefficient (Wildman–Crippen LogP) is 2.62. The second-order valence-corrected chi connectivity index (χ2v) is 6.97. The summed E-state index contributed by atoms with van der Waals surface area (Å²) in [5.41, 5.74) is 6.71. The van der Waals surface area contributed by atoms with Gasteiger partial charge in [0.15, 0.2) is 5.96 Å². The van der Waals surface area contributed by atoms with Gasteiger partial charge >= 0.3 is 0 Å². The van der Waals surface area contributed by atoms with E-state index in [1.807, 2.05) is 12.1 Å². The van der Waals surface area contributed by atoms with Crippen LogP contribution < -0.4 is 11.1 Å². The molecule has 23 heavy (non-hydrogen) atoms. The highest BCUT2D eigenvalue weighted by Crippen LogP contribution is 2.14. The maximum Gasteiger partial charge on any atom is 0.251 e. The number of carbonyl (C=O) groups excluding carboxylic acids is 1. The van der Waals surface area contributed by atoms with E-state index in [0.717, 1.165) is 24.0 Å². The van der Waals surface area contributed by atoms with Crippen molar-refractivity contribution in [2.75, 3.05) is 26.2 Å². The van der Waals surface area contributed by atoms with Crippen LogP contribution in [0.3, 0.4) is 0 Å². The quantitative estimate of drug-likeness (QED) is 0.468. The number of hydrogen-bond donors (Lipinski definition) is 2. The van der Waals surface area contributed by atoms with Gasteiger partial charge < -0.3 is 16.0 Å². The summed E-state index contributed by atoms with van der Waals surface area (Å²) in [6.07, 6.45) is 3.23. The van der Waals surface area contributed by atoms with Crippen LogP contribution in [-0.4, -0.2) is 42.9 Å². The maximum atomic E-state index is 11.9. The SMILES string of the molecule is CC1CCCN(C(N)=NCCCNC(=O)c2ccc(Br)cc2)C1. The number of nitrogens with zero attached hydrogens (tertiary/aromatic N) is 2. The van der Waals surface area contributed by atoms with Crippen LogP contribution in [0.15, 0.2) is 33.7 Å². The Balaban J connectivity index is 1.67. The van der Waals surface area contributed by atoms with Gasteiger partial charge in [0, 0.05) is 36.2 Å². The highest BCUT2D eigenvalue weighted by molar-refractivity contribution is 9.10. The molecule has 0 spiro atoms. The molecule has 0 radical (unpaired) electrons. The molecule has 0 aromatic heterocycles. The zero-order chi connectivity index (χ0) is 16.7. The van der Waals surface area contributed by atoms with E-state index in [0.29, 0.717) is 30.5 Å². The first-order valence-corrected chi connectivity index (χ1v) is 8.94. The zero-order valence-corrected chi connectivity index (χ0v) is 15.2. The minimum atomic E-state index is -0.0562. The number of aliphatic imine (C=N–C) groups is 1. The molecule has 1 atom stereocenters. The van der Waals surface area contributed by atoms with Crippen LogP contribution in [-0.2, 0) is 0 Å². The van der Waals surface area contributed by atoms with Gasteiger partial charge in [0.1, 0.15) is 0 Å². The Bertz CT molecular complexity index is 544. The first-order valence-electron chi connectivity index (χ1n) is 8.15. The molecule has 1 fully saturated rings. The first-order chi connectivity index (χ1) is 11.1. The summed E-state index contributed by atoms with van der Waals surface area (Å²) >= 11 is 3.36. The van der Waals surface area contributed by atoms with E-state index in [-0.39, 0.29) is 5.91 Å². The van der Waals surface area contributed by atoms with Crippen molar-refractivity contribution in [2.24, 2.45) is 16.6 Å². The lowest BCUT2D eigenvalue weighted by Crippen LogP contribution is -2.43. The van der Waals surface area contributed by atoms with Crippen molar-refractivity contribution < 1.29 is 4.79 Å². The molecule has 1 unspecified atom stereocenters. The van der Waals surface area contributed by atoms with Gasteiger partial charge in [0.25, 0.3) is 5.91 Å². The number of guanidine groups is 1. The highest BCUT2D eigenvalue weighted by Gasteiger charge is 2.17. The third-order valence-corrected chi connectivity index (χ3v) is 4.51. The molecule has 1 aliphatic heterocycles. The summed E-state index contributed by atoms with van der Waals surface area (Å²) in [4.78, 5) is 18.5. The van der Waals surface area contributed by atoms with Crippen molar-refractivity contribution in [1.82, 2.24) is 10.2 Å². The zero-order valence-electron chi connectivity index (χ0n) is 13.6. The summed E-state index contributed by atoms with van der Waals surface area (Å²) in [6.45, 7) is 5.48. The van der Waals surface area contributed by atoms with E-state index >= 15 is 0 Å². The third-order valence-electron chi connectivity index (χ3n) is 3.98. The van der Waals surface area contributed by atoms with Crippen molar-refractivity contribution in [3.05, 3.63) is 34.3 Å². The largest absolute Gasteiger partial charge is 0.370 e. The van der Waals surface area contributed by atoms with Crippen LogP contribution in [0, 0.1) is 5.92 Å². The van der Waals surface area contributed by atoms with Gasteiger partial charge in [-0.05, 0) is 49.4 Å². The van der Waals surface area contributed by atoms with Crippen molar-refractivity contribution in [3.8, 4) is 0 Å². The van der Waals surface area contributed by atoms with E-state index in [4.69, 9.17) is 5.73 Å². The Morgan fingerprint density at radius 3 is 2.87 bits per heavy atom. The van der Waals surface area contributed by atoms with Gasteiger partial charge in [-0.3, -0.25) is 9.79 Å². The summed E-state index contributed by atoms with van der Waals surface area (Å²) < 4.78 is 0.964. The average Bonchev–Trinajstić information content (AvgIpc) is 2.54. The smallest absolute Gasteiger partial charge is 0.251 e. The molecule has 1 aliphatic rings. The summed E-state index contributed by atoms with van der Waals surface area (Å²) in [5, 5.41) is 2.90. The number of likely N-dealkylation sites (tertiary alicyclic amines) is 1. The van der Waals surface area contributed by atoms with Crippen LogP contribution in [0.1, 0.15) is 36.5 Å². The normalized spacial score (nSPS) is 18.8. The van der Waals surface area contributed by atoms with Crippen LogP contribution in [0.5, 0.6) is 0 Å². The number of rotatable bonds is 5. The third kappa shape index (κ3) is 5.86. The molecular formula is C17H25BrN4O. The van der Waals surface area contributed by atoms with Gasteiger partial charge in [-0.1, -0.05) is 22.9 Å². The summed E-state index contributed by atoms with van der Waals surface area (Å²) in [6, 6.07) is 7.32. The fourth-order valence-electron chi connectivity index (χ4n) is 2.68. The number of amides is 1. The predicted molar refractivity (Wildman–Crippen MR) is 97.6 cm³/mol. The van der Waals surface area contributed by atoms with Crippen LogP contribution in [0.4, 0.5) is 0 Å². The fourth-order valence-corrected chi connectivity index (χ4v) is 2.94. The Morgan fingerprint density at radius 1 is 1.43 bits per heavy atom. The Kier molecular flexibility index (Phi) is 6.89. The van der Waals surface area contributed by atoms with E-state index in [2.05, 4.69) is 38.1 Å². The van der Waals surface area contributed by atoms with Crippen molar-refractivity contribution >= 4 is 27.8 Å². The van der Waals surface area contributed by atoms with Gasteiger partial charge in [-0.2, -0.15) is 0 Å². The molecule has 3 N–H and O–H groups in total. The van der Waals surface area contributed by atoms with Gasteiger partial charge in [-0.15, -0.1) is 0 Å². The molecule has 1 amide bonds. The first kappa shape index (κ1) is 17.8. The van der Waals surface area contributed by atoms with Crippen molar-refractivity contribution in [3.63, 3.8) is 0 Å². The number of nitrogens with two attached hydrogens (primary N) is 1. The van der Waals surface area contributed by atoms with Gasteiger partial charge in [-0.25, -0.2) is 0 Å². The van der Waals surface area contributed by atoms with Crippen LogP contribution in [0.25, 0.3) is 0 Å². The van der Waals surface area contributed by atoms with Crippen LogP contribution in [0.2, 0.25) is 0 Å². The number of piperidine rings is 1. The van der Waals surface area contributed by atoms with Crippen molar-refractivity contribution in [1.29, 1.82) is 0 Å². The molecule has 0 bridgehead atoms. The van der Waals surface area contributed by atoms with E-state index in [1.54, 1.807) is 12.1 Å². The standard InChI is InChI=1S/C17H25BrN4O/c1-13-4-2-11-22(12-13)17(19)21-10-3-9-20-16(23)14-5-7-15(18)8-6-14/h5-8,13H,2-4,9-12H2,1H3,(H2,19,21)(H,20,23). The molecule has 126 valence electrons. The monoisotopic (exact) mass is 380 g/mol. The molecule has 1 saturated heterocycles. The molecule has 0 saturated carbocycles. The second kappa shape index (κ2) is 8.91. The van der Waals surface area contributed by atoms with Crippen LogP contribution >= 0.6 is 15.9 Å². The minimum absolute atomic E-state index is 0.0562. The van der Waals surface area contributed by atoms with E-state index < -0.39 is 0 Å². The Morgan fingerprint density at radius 2 is 2.17 bits per heavy atom. The Labute approximate surface area is 146 Å². The molecule has 1 aromatic carbocycles. The number of nitrogens with one attached hydrogen (secondary N) is 1. The number of carbonyl (C=O) groups is 1. The van der Waals surface area contributed by atoms with Gasteiger partial charge in [0.05, 0.1) is 0 Å². The molecule has 5 nitrogen and oxygen atoms in total. The molecule has 1 heterocycles. The number of benzene rings is 1. The lowest BCUT2D eigenvalue weighted by atomic mass is 10.0. The lowest BCUT2D eigenvalue weighted by molar-refractivity contribution is 0.0953. The number of halogens is 1. The minimum Gasteiger partial charge on any atom is -0.370 e. The van der Waals surface area contributed by atoms with E-state index in [9.17, 15) is 4.79 Å².